The summed E-state index contributed by atoms with van der Waals surface area (Å²) in [6.07, 6.45) is 0. The second-order valence-corrected chi connectivity index (χ2v) is 9.15. The first-order valence-corrected chi connectivity index (χ1v) is 11.4. The summed E-state index contributed by atoms with van der Waals surface area (Å²) in [5.41, 5.74) is 9.86. The largest absolute Gasteiger partial charge is 0.438 e. The molecule has 1 aliphatic heterocycles. The quantitative estimate of drug-likeness (QED) is 0.395. The molecule has 3 N–H and O–H groups in total. The Hall–Kier alpha value is -4.45. The summed E-state index contributed by atoms with van der Waals surface area (Å²) in [7, 11) is 0. The smallest absolute Gasteiger partial charge is 0.318 e. The number of benzene rings is 3. The molecule has 0 unspecified atom stereocenters. The zero-order valence-corrected chi connectivity index (χ0v) is 19.5. The van der Waals surface area contributed by atoms with Crippen LogP contribution in [0.5, 0.6) is 11.6 Å². The highest BCUT2D eigenvalue weighted by atomic mass is 16.5. The Bertz CT molecular complexity index is 1410. The summed E-state index contributed by atoms with van der Waals surface area (Å²) in [6.45, 7) is 3.58. The molecule has 1 atom stereocenters. The highest BCUT2D eigenvalue weighted by Crippen LogP contribution is 2.51. The molecule has 1 aliphatic rings. The van der Waals surface area contributed by atoms with E-state index in [9.17, 15) is 9.59 Å². The minimum atomic E-state index is -0.996. The lowest BCUT2D eigenvalue weighted by atomic mass is 9.69. The van der Waals surface area contributed by atoms with Gasteiger partial charge in [-0.1, -0.05) is 92.7 Å². The van der Waals surface area contributed by atoms with Crippen molar-refractivity contribution in [2.24, 2.45) is 11.1 Å². The van der Waals surface area contributed by atoms with Gasteiger partial charge in [0.2, 0.25) is 11.8 Å². The van der Waals surface area contributed by atoms with Gasteiger partial charge in [-0.2, -0.15) is 0 Å². The number of imide groups is 1. The van der Waals surface area contributed by atoms with E-state index < -0.39 is 17.4 Å². The van der Waals surface area contributed by atoms with E-state index in [2.05, 4.69) is 29.6 Å². The number of hydrogen-bond donors (Lipinski definition) is 2. The third-order valence-corrected chi connectivity index (χ3v) is 6.47. The number of para-hydroxylation sites is 1. The number of ether oxygens (including phenoxy) is 1. The van der Waals surface area contributed by atoms with Gasteiger partial charge in [-0.15, -0.1) is 0 Å². The summed E-state index contributed by atoms with van der Waals surface area (Å²) in [5, 5.41) is 2.24. The van der Waals surface area contributed by atoms with E-state index in [4.69, 9.17) is 15.5 Å². The number of nitrogens with one attached hydrogen (secondary N) is 1. The molecule has 0 bridgehead atoms. The molecule has 0 radical (unpaired) electrons. The van der Waals surface area contributed by atoms with Crippen molar-refractivity contribution in [1.29, 1.82) is 0 Å². The van der Waals surface area contributed by atoms with Gasteiger partial charge in [-0.3, -0.25) is 10.1 Å². The van der Waals surface area contributed by atoms with Crippen LogP contribution in [-0.4, -0.2) is 16.9 Å². The van der Waals surface area contributed by atoms with Gasteiger partial charge in [0.25, 0.3) is 0 Å². The molecule has 4 aromatic rings. The summed E-state index contributed by atoms with van der Waals surface area (Å²) < 4.78 is 6.18. The zero-order valence-electron chi connectivity index (χ0n) is 19.5. The SMILES string of the molecule is CC(C)(C(=O)NC(N)=O)[C@H]1c2ccccc2Oc2nc(-c3ccc(-c4ccccc4)cc3)ccc21. The maximum atomic E-state index is 13.0. The van der Waals surface area contributed by atoms with Gasteiger partial charge in [0, 0.05) is 22.6 Å². The molecule has 0 saturated carbocycles. The molecule has 0 aliphatic carbocycles. The third kappa shape index (κ3) is 4.15. The van der Waals surface area contributed by atoms with Crippen LogP contribution in [0.2, 0.25) is 0 Å². The first kappa shape index (κ1) is 22.3. The molecular weight excluding hydrogens is 438 g/mol. The van der Waals surface area contributed by atoms with Crippen LogP contribution in [0.25, 0.3) is 22.4 Å². The first-order chi connectivity index (χ1) is 16.8. The van der Waals surface area contributed by atoms with Crippen LogP contribution >= 0.6 is 0 Å². The minimum absolute atomic E-state index is 0.385. The number of fused-ring (bicyclic) bond motifs is 2. The molecule has 0 fully saturated rings. The number of primary amides is 1. The Morgan fingerprint density at radius 2 is 1.43 bits per heavy atom. The van der Waals surface area contributed by atoms with E-state index >= 15 is 0 Å². The molecule has 3 amide bonds. The molecule has 1 aromatic heterocycles. The fourth-order valence-corrected chi connectivity index (χ4v) is 4.64. The lowest BCUT2D eigenvalue weighted by molar-refractivity contribution is -0.128. The van der Waals surface area contributed by atoms with Gasteiger partial charge < -0.3 is 10.5 Å². The molecular formula is C29H25N3O3. The van der Waals surface area contributed by atoms with Crippen molar-refractivity contribution in [3.05, 3.63) is 102 Å². The number of urea groups is 1. The van der Waals surface area contributed by atoms with Crippen molar-refractivity contribution in [2.45, 2.75) is 19.8 Å². The predicted octanol–water partition coefficient (Wildman–Crippen LogP) is 5.87. The van der Waals surface area contributed by atoms with Gasteiger partial charge in [0.05, 0.1) is 11.1 Å². The summed E-state index contributed by atoms with van der Waals surface area (Å²) in [6, 6.07) is 29.0. The van der Waals surface area contributed by atoms with Crippen LogP contribution in [0.1, 0.15) is 30.9 Å². The summed E-state index contributed by atoms with van der Waals surface area (Å²) in [4.78, 5) is 29.2. The lowest BCUT2D eigenvalue weighted by Crippen LogP contribution is -2.46. The molecule has 6 heteroatoms. The van der Waals surface area contributed by atoms with Crippen molar-refractivity contribution < 1.29 is 14.3 Å². The minimum Gasteiger partial charge on any atom is -0.438 e. The maximum absolute atomic E-state index is 13.0. The maximum Gasteiger partial charge on any atom is 0.318 e. The van der Waals surface area contributed by atoms with Gasteiger partial charge in [-0.25, -0.2) is 9.78 Å². The first-order valence-electron chi connectivity index (χ1n) is 11.4. The molecule has 35 heavy (non-hydrogen) atoms. The fourth-order valence-electron chi connectivity index (χ4n) is 4.64. The number of carbonyl (C=O) groups excluding carboxylic acids is 2. The molecule has 3 aromatic carbocycles. The van der Waals surface area contributed by atoms with E-state index in [1.54, 1.807) is 13.8 Å². The molecule has 6 nitrogen and oxygen atoms in total. The number of nitrogens with zero attached hydrogens (tertiary/aromatic N) is 1. The summed E-state index contributed by atoms with van der Waals surface area (Å²) in [5.74, 6) is 0.231. The number of carbonyl (C=O) groups is 2. The van der Waals surface area contributed by atoms with E-state index in [1.807, 2.05) is 66.7 Å². The summed E-state index contributed by atoms with van der Waals surface area (Å²) >= 11 is 0. The van der Waals surface area contributed by atoms with Crippen LogP contribution in [0, 0.1) is 5.41 Å². The molecule has 0 spiro atoms. The number of nitrogens with two attached hydrogens (primary N) is 1. The van der Waals surface area contributed by atoms with Crippen molar-refractivity contribution in [2.75, 3.05) is 0 Å². The second-order valence-electron chi connectivity index (χ2n) is 9.15. The van der Waals surface area contributed by atoms with Crippen molar-refractivity contribution in [3.8, 4) is 34.0 Å². The zero-order chi connectivity index (χ0) is 24.6. The molecule has 5 rings (SSSR count). The van der Waals surface area contributed by atoms with Gasteiger partial charge in [-0.05, 0) is 23.3 Å². The topological polar surface area (TPSA) is 94.3 Å². The lowest BCUT2D eigenvalue weighted by Gasteiger charge is -2.37. The average Bonchev–Trinajstić information content (AvgIpc) is 2.87. The van der Waals surface area contributed by atoms with Gasteiger partial charge in [0.15, 0.2) is 0 Å². The second kappa shape index (κ2) is 8.72. The van der Waals surface area contributed by atoms with Crippen molar-refractivity contribution in [1.82, 2.24) is 10.3 Å². The average molecular weight is 464 g/mol. The van der Waals surface area contributed by atoms with Crippen LogP contribution in [0.4, 0.5) is 4.79 Å². The number of hydrogen-bond acceptors (Lipinski definition) is 4. The molecule has 0 saturated heterocycles. The Labute approximate surface area is 203 Å². The van der Waals surface area contributed by atoms with E-state index in [1.165, 1.54) is 0 Å². The highest BCUT2D eigenvalue weighted by Gasteiger charge is 2.44. The van der Waals surface area contributed by atoms with E-state index in [0.29, 0.717) is 11.6 Å². The van der Waals surface area contributed by atoms with Crippen LogP contribution in [0.3, 0.4) is 0 Å². The Morgan fingerprint density at radius 3 is 2.14 bits per heavy atom. The Morgan fingerprint density at radius 1 is 0.800 bits per heavy atom. The van der Waals surface area contributed by atoms with Crippen LogP contribution in [0.15, 0.2) is 91.0 Å². The number of rotatable bonds is 4. The van der Waals surface area contributed by atoms with E-state index in [-0.39, 0.29) is 5.92 Å². The molecule has 2 heterocycles. The van der Waals surface area contributed by atoms with Crippen molar-refractivity contribution in [3.63, 3.8) is 0 Å². The van der Waals surface area contributed by atoms with Crippen LogP contribution in [-0.2, 0) is 4.79 Å². The number of aromatic nitrogens is 1. The number of amides is 3. The van der Waals surface area contributed by atoms with Gasteiger partial charge in [0.1, 0.15) is 5.75 Å². The van der Waals surface area contributed by atoms with Crippen molar-refractivity contribution >= 4 is 11.9 Å². The highest BCUT2D eigenvalue weighted by molar-refractivity contribution is 5.97. The van der Waals surface area contributed by atoms with Crippen LogP contribution < -0.4 is 15.8 Å². The number of pyridine rings is 1. The standard InChI is InChI=1S/C29H25N3O3/c1-29(2,27(33)32-28(30)34)25-21-10-6-7-11-24(21)35-26-22(25)16-17-23(31-26)20-14-12-19(13-15-20)18-8-4-3-5-9-18/h3-17,25H,1-2H3,(H3,30,32,33,34)/t25-/m0/s1. The fraction of sp³-hybridized carbons (Fsp3) is 0.138. The van der Waals surface area contributed by atoms with E-state index in [0.717, 1.165) is 33.5 Å². The normalized spacial score (nSPS) is 14.3. The third-order valence-electron chi connectivity index (χ3n) is 6.47. The monoisotopic (exact) mass is 463 g/mol. The Kier molecular flexibility index (Phi) is 5.57. The predicted molar refractivity (Wildman–Crippen MR) is 135 cm³/mol. The molecule has 174 valence electrons. The van der Waals surface area contributed by atoms with Gasteiger partial charge >= 0.3 is 6.03 Å². The Balaban J connectivity index is 1.54.